The molecule has 0 aliphatic carbocycles. The van der Waals surface area contributed by atoms with E-state index in [-0.39, 0.29) is 12.1 Å². The van der Waals surface area contributed by atoms with Crippen molar-refractivity contribution in [3.8, 4) is 0 Å². The molecule has 1 rings (SSSR count). The number of nitrogens with one attached hydrogen (secondary N) is 2. The number of urea groups is 1. The van der Waals surface area contributed by atoms with E-state index >= 15 is 0 Å². The highest BCUT2D eigenvalue weighted by Gasteiger charge is 2.00. The summed E-state index contributed by atoms with van der Waals surface area (Å²) >= 11 is 1.74. The normalized spacial score (nSPS) is 10.2. The molecule has 2 amide bonds. The van der Waals surface area contributed by atoms with Gasteiger partial charge in [0.1, 0.15) is 0 Å². The first-order valence-corrected chi connectivity index (χ1v) is 6.39. The molecule has 0 unspecified atom stereocenters. The summed E-state index contributed by atoms with van der Waals surface area (Å²) < 4.78 is 0. The fourth-order valence-corrected chi connectivity index (χ4v) is 1.95. The third-order valence-corrected chi connectivity index (χ3v) is 2.83. The van der Waals surface area contributed by atoms with E-state index in [4.69, 9.17) is 0 Å². The molecule has 0 aliphatic rings. The average Bonchev–Trinajstić information content (AvgIpc) is 2.25. The number of carbonyl (C=O) groups excluding carboxylic acids is 1. The summed E-state index contributed by atoms with van der Waals surface area (Å²) in [6, 6.07) is 10.3. The molecule has 0 saturated carbocycles. The Morgan fingerprint density at radius 3 is 2.62 bits per heavy atom. The van der Waals surface area contributed by atoms with E-state index in [1.54, 1.807) is 11.8 Å². The lowest BCUT2D eigenvalue weighted by Gasteiger charge is -2.09. The van der Waals surface area contributed by atoms with Crippen molar-refractivity contribution in [3.05, 3.63) is 30.3 Å². The zero-order valence-corrected chi connectivity index (χ0v) is 10.5. The average molecular weight is 238 g/mol. The monoisotopic (exact) mass is 238 g/mol. The summed E-state index contributed by atoms with van der Waals surface area (Å²) in [5.74, 6) is 0.884. The minimum atomic E-state index is -0.0938. The summed E-state index contributed by atoms with van der Waals surface area (Å²) in [4.78, 5) is 12.5. The summed E-state index contributed by atoms with van der Waals surface area (Å²) in [5.41, 5.74) is 0. The topological polar surface area (TPSA) is 41.1 Å². The molecule has 0 radical (unpaired) electrons. The predicted molar refractivity (Wildman–Crippen MR) is 68.8 cm³/mol. The molecule has 0 heterocycles. The molecule has 0 fully saturated rings. The minimum absolute atomic E-state index is 0.0938. The number of hydrogen-bond donors (Lipinski definition) is 2. The van der Waals surface area contributed by atoms with Crippen molar-refractivity contribution in [3.63, 3.8) is 0 Å². The molecule has 2 N–H and O–H groups in total. The number of carbonyl (C=O) groups is 1. The SMILES string of the molecule is CC(C)NC(=O)NCCSc1ccccc1. The Morgan fingerprint density at radius 2 is 2.00 bits per heavy atom. The van der Waals surface area contributed by atoms with Crippen LogP contribution in [-0.2, 0) is 0 Å². The Morgan fingerprint density at radius 1 is 1.31 bits per heavy atom. The second kappa shape index (κ2) is 7.17. The van der Waals surface area contributed by atoms with Gasteiger partial charge in [0, 0.05) is 23.2 Å². The smallest absolute Gasteiger partial charge is 0.315 e. The van der Waals surface area contributed by atoms with E-state index in [9.17, 15) is 4.79 Å². The highest BCUT2D eigenvalue weighted by molar-refractivity contribution is 7.99. The number of rotatable bonds is 5. The Labute approximate surface area is 101 Å². The van der Waals surface area contributed by atoms with E-state index < -0.39 is 0 Å². The number of amides is 2. The van der Waals surface area contributed by atoms with E-state index in [0.717, 1.165) is 5.75 Å². The standard InChI is InChI=1S/C12H18N2OS/c1-10(2)14-12(15)13-8-9-16-11-6-4-3-5-7-11/h3-7,10H,8-9H2,1-2H3,(H2,13,14,15). The van der Waals surface area contributed by atoms with Gasteiger partial charge in [0.25, 0.3) is 0 Å². The van der Waals surface area contributed by atoms with Gasteiger partial charge in [0.15, 0.2) is 0 Å². The van der Waals surface area contributed by atoms with Crippen LogP contribution in [0.1, 0.15) is 13.8 Å². The van der Waals surface area contributed by atoms with Gasteiger partial charge in [-0.2, -0.15) is 0 Å². The predicted octanol–water partition coefficient (Wildman–Crippen LogP) is 2.49. The number of benzene rings is 1. The van der Waals surface area contributed by atoms with Crippen LogP contribution < -0.4 is 10.6 Å². The van der Waals surface area contributed by atoms with Crippen LogP contribution in [-0.4, -0.2) is 24.4 Å². The van der Waals surface area contributed by atoms with Gasteiger partial charge in [-0.1, -0.05) is 18.2 Å². The Hall–Kier alpha value is -1.16. The van der Waals surface area contributed by atoms with E-state index in [2.05, 4.69) is 22.8 Å². The van der Waals surface area contributed by atoms with Crippen LogP contribution >= 0.6 is 11.8 Å². The first-order chi connectivity index (χ1) is 7.68. The van der Waals surface area contributed by atoms with E-state index in [0.29, 0.717) is 6.54 Å². The molecular weight excluding hydrogens is 220 g/mol. The lowest BCUT2D eigenvalue weighted by Crippen LogP contribution is -2.40. The molecular formula is C12H18N2OS. The zero-order chi connectivity index (χ0) is 11.8. The van der Waals surface area contributed by atoms with Crippen molar-refractivity contribution in [2.75, 3.05) is 12.3 Å². The van der Waals surface area contributed by atoms with Crippen LogP contribution in [0.2, 0.25) is 0 Å². The van der Waals surface area contributed by atoms with Crippen LogP contribution in [0.25, 0.3) is 0 Å². The maximum absolute atomic E-state index is 11.2. The molecule has 1 aromatic carbocycles. The second-order valence-electron chi connectivity index (χ2n) is 3.72. The highest BCUT2D eigenvalue weighted by Crippen LogP contribution is 2.15. The largest absolute Gasteiger partial charge is 0.337 e. The Bertz CT molecular complexity index is 314. The molecule has 0 spiro atoms. The van der Waals surface area contributed by atoms with Gasteiger partial charge in [-0.3, -0.25) is 0 Å². The van der Waals surface area contributed by atoms with Crippen molar-refractivity contribution in [1.29, 1.82) is 0 Å². The van der Waals surface area contributed by atoms with E-state index in [1.807, 2.05) is 32.0 Å². The van der Waals surface area contributed by atoms with Crippen LogP contribution in [0.5, 0.6) is 0 Å². The Kier molecular flexibility index (Phi) is 5.78. The first kappa shape index (κ1) is 12.9. The minimum Gasteiger partial charge on any atom is -0.337 e. The van der Waals surface area contributed by atoms with Crippen LogP contribution in [0.15, 0.2) is 35.2 Å². The lowest BCUT2D eigenvalue weighted by molar-refractivity contribution is 0.239. The summed E-state index contributed by atoms with van der Waals surface area (Å²) in [6.45, 7) is 4.56. The number of thioether (sulfide) groups is 1. The van der Waals surface area contributed by atoms with Crippen molar-refractivity contribution >= 4 is 17.8 Å². The maximum atomic E-state index is 11.2. The van der Waals surface area contributed by atoms with E-state index in [1.165, 1.54) is 4.90 Å². The molecule has 16 heavy (non-hydrogen) atoms. The van der Waals surface area contributed by atoms with Crippen LogP contribution in [0.3, 0.4) is 0 Å². The third kappa shape index (κ3) is 5.66. The highest BCUT2D eigenvalue weighted by atomic mass is 32.2. The van der Waals surface area contributed by atoms with Gasteiger partial charge >= 0.3 is 6.03 Å². The molecule has 3 nitrogen and oxygen atoms in total. The molecule has 0 aromatic heterocycles. The van der Waals surface area contributed by atoms with Gasteiger partial charge in [0.2, 0.25) is 0 Å². The molecule has 0 atom stereocenters. The molecule has 4 heteroatoms. The molecule has 1 aromatic rings. The fourth-order valence-electron chi connectivity index (χ4n) is 1.16. The molecule has 88 valence electrons. The van der Waals surface area contributed by atoms with Gasteiger partial charge in [-0.05, 0) is 26.0 Å². The molecule has 0 saturated heterocycles. The summed E-state index contributed by atoms with van der Waals surface area (Å²) in [6.07, 6.45) is 0. The lowest BCUT2D eigenvalue weighted by atomic mass is 10.4. The third-order valence-electron chi connectivity index (χ3n) is 1.82. The molecule has 0 aliphatic heterocycles. The van der Waals surface area contributed by atoms with Gasteiger partial charge in [-0.25, -0.2) is 4.79 Å². The zero-order valence-electron chi connectivity index (χ0n) is 9.69. The Balaban J connectivity index is 2.10. The quantitative estimate of drug-likeness (QED) is 0.611. The summed E-state index contributed by atoms with van der Waals surface area (Å²) in [7, 11) is 0. The number of hydrogen-bond acceptors (Lipinski definition) is 2. The summed E-state index contributed by atoms with van der Waals surface area (Å²) in [5, 5.41) is 5.60. The van der Waals surface area contributed by atoms with Crippen LogP contribution in [0, 0.1) is 0 Å². The van der Waals surface area contributed by atoms with Crippen molar-refractivity contribution in [1.82, 2.24) is 10.6 Å². The van der Waals surface area contributed by atoms with Gasteiger partial charge < -0.3 is 10.6 Å². The van der Waals surface area contributed by atoms with Crippen molar-refractivity contribution in [2.24, 2.45) is 0 Å². The van der Waals surface area contributed by atoms with Crippen molar-refractivity contribution in [2.45, 2.75) is 24.8 Å². The first-order valence-electron chi connectivity index (χ1n) is 5.40. The fraction of sp³-hybridized carbons (Fsp3) is 0.417. The van der Waals surface area contributed by atoms with Gasteiger partial charge in [0.05, 0.1) is 0 Å². The van der Waals surface area contributed by atoms with Crippen molar-refractivity contribution < 1.29 is 4.79 Å². The maximum Gasteiger partial charge on any atom is 0.315 e. The van der Waals surface area contributed by atoms with Gasteiger partial charge in [-0.15, -0.1) is 11.8 Å². The van der Waals surface area contributed by atoms with Crippen LogP contribution in [0.4, 0.5) is 4.79 Å². The molecule has 0 bridgehead atoms. The second-order valence-corrected chi connectivity index (χ2v) is 4.88.